The molecular formula is C9H21N3O2S. The van der Waals surface area contributed by atoms with Crippen molar-refractivity contribution >= 4 is 10.0 Å². The summed E-state index contributed by atoms with van der Waals surface area (Å²) in [6.45, 7) is 2.07. The second kappa shape index (κ2) is 5.25. The van der Waals surface area contributed by atoms with Gasteiger partial charge in [0.25, 0.3) is 0 Å². The Kier molecular flexibility index (Phi) is 4.51. The smallest absolute Gasteiger partial charge is 0.215 e. The van der Waals surface area contributed by atoms with Gasteiger partial charge in [-0.2, -0.15) is 0 Å². The first kappa shape index (κ1) is 12.9. The lowest BCUT2D eigenvalue weighted by molar-refractivity contribution is 0.187. The van der Waals surface area contributed by atoms with Gasteiger partial charge >= 0.3 is 0 Å². The maximum absolute atomic E-state index is 11.8. The molecule has 0 aromatic rings. The third kappa shape index (κ3) is 3.41. The molecule has 0 amide bonds. The van der Waals surface area contributed by atoms with Crippen LogP contribution in [0.1, 0.15) is 12.8 Å². The first-order valence-corrected chi connectivity index (χ1v) is 6.92. The van der Waals surface area contributed by atoms with Gasteiger partial charge in [-0.25, -0.2) is 12.7 Å². The molecule has 1 rings (SSSR count). The van der Waals surface area contributed by atoms with E-state index >= 15 is 0 Å². The summed E-state index contributed by atoms with van der Waals surface area (Å²) in [5.74, 6) is 0.0454. The summed E-state index contributed by atoms with van der Waals surface area (Å²) in [7, 11) is 0.533. The Hall–Kier alpha value is -0.170. The minimum Gasteiger partial charge on any atom is -0.329 e. The van der Waals surface area contributed by atoms with Gasteiger partial charge in [0.2, 0.25) is 10.0 Å². The van der Waals surface area contributed by atoms with Crippen molar-refractivity contribution in [1.29, 1.82) is 0 Å². The average molecular weight is 235 g/mol. The standard InChI is InChI=1S/C9H21N3O2S/c1-11-6-3-4-9(8-11)12(2)15(13,14)7-5-10/h9H,3-8,10H2,1-2H3. The van der Waals surface area contributed by atoms with E-state index in [9.17, 15) is 8.42 Å². The zero-order chi connectivity index (χ0) is 11.5. The number of rotatable bonds is 4. The molecule has 2 N–H and O–H groups in total. The van der Waals surface area contributed by atoms with Gasteiger partial charge in [-0.1, -0.05) is 0 Å². The number of piperidine rings is 1. The first-order chi connectivity index (χ1) is 6.97. The molecular weight excluding hydrogens is 214 g/mol. The van der Waals surface area contributed by atoms with Gasteiger partial charge in [0.05, 0.1) is 5.75 Å². The predicted molar refractivity (Wildman–Crippen MR) is 61.1 cm³/mol. The van der Waals surface area contributed by atoms with Crippen LogP contribution in [0.25, 0.3) is 0 Å². The van der Waals surface area contributed by atoms with E-state index in [0.29, 0.717) is 0 Å². The zero-order valence-corrected chi connectivity index (χ0v) is 10.3. The summed E-state index contributed by atoms with van der Waals surface area (Å²) in [4.78, 5) is 2.17. The number of likely N-dealkylation sites (N-methyl/N-ethyl adjacent to an activating group) is 2. The highest BCUT2D eigenvalue weighted by Gasteiger charge is 2.28. The molecule has 0 aliphatic carbocycles. The van der Waals surface area contributed by atoms with Crippen molar-refractivity contribution in [3.63, 3.8) is 0 Å². The molecule has 0 radical (unpaired) electrons. The Morgan fingerprint density at radius 1 is 1.53 bits per heavy atom. The molecule has 0 saturated carbocycles. The van der Waals surface area contributed by atoms with Crippen molar-refractivity contribution in [2.75, 3.05) is 39.5 Å². The maximum atomic E-state index is 11.8. The van der Waals surface area contributed by atoms with Gasteiger partial charge in [0.1, 0.15) is 0 Å². The van der Waals surface area contributed by atoms with Crippen molar-refractivity contribution < 1.29 is 8.42 Å². The molecule has 1 aliphatic heterocycles. The first-order valence-electron chi connectivity index (χ1n) is 5.31. The highest BCUT2D eigenvalue weighted by atomic mass is 32.2. The normalized spacial score (nSPS) is 24.7. The third-order valence-electron chi connectivity index (χ3n) is 2.93. The van der Waals surface area contributed by atoms with E-state index in [-0.39, 0.29) is 18.3 Å². The van der Waals surface area contributed by atoms with Gasteiger partial charge in [-0.3, -0.25) is 0 Å². The molecule has 0 aromatic carbocycles. The quantitative estimate of drug-likeness (QED) is 0.700. The minimum absolute atomic E-state index is 0.0454. The molecule has 1 fully saturated rings. The molecule has 90 valence electrons. The predicted octanol–water partition coefficient (Wildman–Crippen LogP) is -0.699. The van der Waals surface area contributed by atoms with E-state index < -0.39 is 10.0 Å². The molecule has 1 aliphatic rings. The van der Waals surface area contributed by atoms with Crippen LogP contribution in [0.5, 0.6) is 0 Å². The molecule has 1 unspecified atom stereocenters. The molecule has 6 heteroatoms. The highest BCUT2D eigenvalue weighted by molar-refractivity contribution is 7.89. The molecule has 15 heavy (non-hydrogen) atoms. The summed E-state index contributed by atoms with van der Waals surface area (Å²) in [5.41, 5.74) is 5.29. The maximum Gasteiger partial charge on any atom is 0.215 e. The van der Waals surface area contributed by atoms with Gasteiger partial charge in [0, 0.05) is 26.2 Å². The van der Waals surface area contributed by atoms with Gasteiger partial charge in [-0.15, -0.1) is 0 Å². The summed E-state index contributed by atoms with van der Waals surface area (Å²) >= 11 is 0. The molecule has 0 aromatic heterocycles. The van der Waals surface area contributed by atoms with Crippen molar-refractivity contribution in [3.8, 4) is 0 Å². The Labute approximate surface area is 92.3 Å². The fourth-order valence-corrected chi connectivity index (χ4v) is 3.17. The van der Waals surface area contributed by atoms with Crippen LogP contribution < -0.4 is 5.73 Å². The van der Waals surface area contributed by atoms with Crippen molar-refractivity contribution in [2.45, 2.75) is 18.9 Å². The molecule has 1 saturated heterocycles. The van der Waals surface area contributed by atoms with Gasteiger partial charge < -0.3 is 10.6 Å². The minimum atomic E-state index is -3.15. The third-order valence-corrected chi connectivity index (χ3v) is 4.86. The second-order valence-corrected chi connectivity index (χ2v) is 6.33. The average Bonchev–Trinajstić information content (AvgIpc) is 2.16. The van der Waals surface area contributed by atoms with E-state index in [4.69, 9.17) is 5.73 Å². The lowest BCUT2D eigenvalue weighted by atomic mass is 10.1. The van der Waals surface area contributed by atoms with E-state index in [2.05, 4.69) is 4.90 Å². The van der Waals surface area contributed by atoms with Gasteiger partial charge in [-0.05, 0) is 26.4 Å². The Bertz CT molecular complexity index is 292. The Morgan fingerprint density at radius 3 is 2.73 bits per heavy atom. The lowest BCUT2D eigenvalue weighted by Gasteiger charge is -2.35. The fraction of sp³-hybridized carbons (Fsp3) is 1.00. The van der Waals surface area contributed by atoms with Crippen molar-refractivity contribution in [3.05, 3.63) is 0 Å². The highest BCUT2D eigenvalue weighted by Crippen LogP contribution is 2.16. The van der Waals surface area contributed by atoms with Crippen LogP contribution in [0.4, 0.5) is 0 Å². The summed E-state index contributed by atoms with van der Waals surface area (Å²) in [5, 5.41) is 0. The SMILES string of the molecule is CN1CCCC(N(C)S(=O)(=O)CCN)C1. The Balaban J connectivity index is 2.62. The van der Waals surface area contributed by atoms with E-state index in [1.54, 1.807) is 7.05 Å². The summed E-state index contributed by atoms with van der Waals surface area (Å²) in [6, 6.07) is 0.111. The molecule has 1 heterocycles. The lowest BCUT2D eigenvalue weighted by Crippen LogP contribution is -2.48. The molecule has 5 nitrogen and oxygen atoms in total. The van der Waals surface area contributed by atoms with Crippen molar-refractivity contribution in [1.82, 2.24) is 9.21 Å². The topological polar surface area (TPSA) is 66.6 Å². The summed E-state index contributed by atoms with van der Waals surface area (Å²) in [6.07, 6.45) is 2.01. The molecule has 0 spiro atoms. The number of nitrogens with zero attached hydrogens (tertiary/aromatic N) is 2. The van der Waals surface area contributed by atoms with Crippen LogP contribution >= 0.6 is 0 Å². The number of nitrogens with two attached hydrogens (primary N) is 1. The van der Waals surface area contributed by atoms with Gasteiger partial charge in [0.15, 0.2) is 0 Å². The number of hydrogen-bond donors (Lipinski definition) is 1. The van der Waals surface area contributed by atoms with E-state index in [1.807, 2.05) is 7.05 Å². The number of sulfonamides is 1. The van der Waals surface area contributed by atoms with Crippen LogP contribution in [0.3, 0.4) is 0 Å². The van der Waals surface area contributed by atoms with Crippen LogP contribution in [0.15, 0.2) is 0 Å². The Morgan fingerprint density at radius 2 is 2.20 bits per heavy atom. The summed E-state index contributed by atoms with van der Waals surface area (Å²) < 4.78 is 25.0. The fourth-order valence-electron chi connectivity index (χ4n) is 1.96. The van der Waals surface area contributed by atoms with E-state index in [1.165, 1.54) is 4.31 Å². The van der Waals surface area contributed by atoms with E-state index in [0.717, 1.165) is 25.9 Å². The monoisotopic (exact) mass is 235 g/mol. The van der Waals surface area contributed by atoms with Crippen LogP contribution in [-0.4, -0.2) is 63.1 Å². The number of likely N-dealkylation sites (tertiary alicyclic amines) is 1. The number of hydrogen-bond acceptors (Lipinski definition) is 4. The van der Waals surface area contributed by atoms with Crippen LogP contribution in [0.2, 0.25) is 0 Å². The zero-order valence-electron chi connectivity index (χ0n) is 9.52. The van der Waals surface area contributed by atoms with Crippen LogP contribution in [0, 0.1) is 0 Å². The van der Waals surface area contributed by atoms with Crippen LogP contribution in [-0.2, 0) is 10.0 Å². The molecule has 1 atom stereocenters. The van der Waals surface area contributed by atoms with Crippen molar-refractivity contribution in [2.24, 2.45) is 5.73 Å². The molecule has 0 bridgehead atoms. The largest absolute Gasteiger partial charge is 0.329 e. The second-order valence-electron chi connectivity index (χ2n) is 4.18.